The van der Waals surface area contributed by atoms with Crippen LogP contribution in [-0.2, 0) is 11.3 Å². The molecule has 0 radical (unpaired) electrons. The highest BCUT2D eigenvalue weighted by atomic mass is 35.5. The Kier molecular flexibility index (Phi) is 6.79. The number of ether oxygens (including phenoxy) is 2. The second-order valence-corrected chi connectivity index (χ2v) is 5.06. The SMILES string of the molecule is COCCNCc1cc(Cl)cc(Cl)c1OC(C)C. The van der Waals surface area contributed by atoms with Crippen molar-refractivity contribution in [3.8, 4) is 5.75 Å². The standard InChI is InChI=1S/C13H19Cl2NO2/c1-9(2)18-13-10(8-16-4-5-17-3)6-11(14)7-12(13)15/h6-7,9,16H,4-5,8H2,1-3H3. The van der Waals surface area contributed by atoms with Crippen LogP contribution in [-0.4, -0.2) is 26.4 Å². The van der Waals surface area contributed by atoms with Gasteiger partial charge in [0.25, 0.3) is 0 Å². The van der Waals surface area contributed by atoms with Crippen molar-refractivity contribution >= 4 is 23.2 Å². The van der Waals surface area contributed by atoms with Gasteiger partial charge in [-0.1, -0.05) is 23.2 Å². The molecule has 0 aromatic heterocycles. The van der Waals surface area contributed by atoms with E-state index in [1.807, 2.05) is 19.9 Å². The zero-order valence-electron chi connectivity index (χ0n) is 10.9. The summed E-state index contributed by atoms with van der Waals surface area (Å²) in [6.45, 7) is 6.00. The van der Waals surface area contributed by atoms with Gasteiger partial charge in [0.05, 0.1) is 17.7 Å². The second-order valence-electron chi connectivity index (χ2n) is 4.21. The minimum atomic E-state index is 0.0707. The Morgan fingerprint density at radius 1 is 1.28 bits per heavy atom. The largest absolute Gasteiger partial charge is 0.489 e. The molecule has 0 fully saturated rings. The monoisotopic (exact) mass is 291 g/mol. The van der Waals surface area contributed by atoms with E-state index in [2.05, 4.69) is 5.32 Å². The Balaban J connectivity index is 2.79. The van der Waals surface area contributed by atoms with Crippen LogP contribution < -0.4 is 10.1 Å². The van der Waals surface area contributed by atoms with Crippen LogP contribution in [0.25, 0.3) is 0 Å². The van der Waals surface area contributed by atoms with Crippen LogP contribution >= 0.6 is 23.2 Å². The molecule has 1 aromatic rings. The molecule has 0 atom stereocenters. The maximum Gasteiger partial charge on any atom is 0.142 e. The molecule has 0 heterocycles. The predicted octanol–water partition coefficient (Wildman–Crippen LogP) is 3.52. The number of hydrogen-bond acceptors (Lipinski definition) is 3. The van der Waals surface area contributed by atoms with Crippen molar-refractivity contribution in [2.45, 2.75) is 26.5 Å². The van der Waals surface area contributed by atoms with E-state index in [9.17, 15) is 0 Å². The van der Waals surface area contributed by atoms with Crippen LogP contribution in [0.2, 0.25) is 10.0 Å². The third-order valence-electron chi connectivity index (χ3n) is 2.24. The Morgan fingerprint density at radius 3 is 2.61 bits per heavy atom. The number of hydrogen-bond donors (Lipinski definition) is 1. The molecular weight excluding hydrogens is 273 g/mol. The molecule has 3 nitrogen and oxygen atoms in total. The molecule has 0 aliphatic heterocycles. The maximum atomic E-state index is 6.16. The molecule has 0 amide bonds. The Hall–Kier alpha value is -0.480. The van der Waals surface area contributed by atoms with Crippen LogP contribution in [0.1, 0.15) is 19.4 Å². The summed E-state index contributed by atoms with van der Waals surface area (Å²) in [7, 11) is 1.67. The molecular formula is C13H19Cl2NO2. The molecule has 0 aliphatic carbocycles. The predicted molar refractivity (Wildman–Crippen MR) is 75.8 cm³/mol. The van der Waals surface area contributed by atoms with Gasteiger partial charge in [0.2, 0.25) is 0 Å². The Labute approximate surface area is 118 Å². The van der Waals surface area contributed by atoms with Gasteiger partial charge in [0.1, 0.15) is 5.75 Å². The molecule has 0 saturated carbocycles. The minimum absolute atomic E-state index is 0.0707. The third-order valence-corrected chi connectivity index (χ3v) is 2.74. The van der Waals surface area contributed by atoms with Gasteiger partial charge in [0.15, 0.2) is 0 Å². The number of rotatable bonds is 7. The van der Waals surface area contributed by atoms with E-state index >= 15 is 0 Å². The van der Waals surface area contributed by atoms with Gasteiger partial charge in [-0.2, -0.15) is 0 Å². The normalized spacial score (nSPS) is 11.0. The van der Waals surface area contributed by atoms with E-state index in [1.165, 1.54) is 0 Å². The van der Waals surface area contributed by atoms with Gasteiger partial charge in [0, 0.05) is 30.8 Å². The molecule has 5 heteroatoms. The molecule has 0 spiro atoms. The quantitative estimate of drug-likeness (QED) is 0.780. The topological polar surface area (TPSA) is 30.5 Å². The molecule has 1 aromatic carbocycles. The van der Waals surface area contributed by atoms with E-state index in [0.29, 0.717) is 28.9 Å². The lowest BCUT2D eigenvalue weighted by Crippen LogP contribution is -2.19. The van der Waals surface area contributed by atoms with Crippen molar-refractivity contribution in [3.05, 3.63) is 27.7 Å². The summed E-state index contributed by atoms with van der Waals surface area (Å²) in [5.41, 5.74) is 0.956. The first-order chi connectivity index (χ1) is 8.54. The fourth-order valence-electron chi connectivity index (χ4n) is 1.51. The molecule has 102 valence electrons. The molecule has 0 bridgehead atoms. The van der Waals surface area contributed by atoms with Gasteiger partial charge in [-0.15, -0.1) is 0 Å². The van der Waals surface area contributed by atoms with Crippen LogP contribution in [0.3, 0.4) is 0 Å². The summed E-state index contributed by atoms with van der Waals surface area (Å²) in [5.74, 6) is 0.695. The van der Waals surface area contributed by atoms with Crippen molar-refractivity contribution in [2.24, 2.45) is 0 Å². The van der Waals surface area contributed by atoms with Gasteiger partial charge < -0.3 is 14.8 Å². The summed E-state index contributed by atoms with van der Waals surface area (Å²) >= 11 is 12.2. The second kappa shape index (κ2) is 7.85. The lowest BCUT2D eigenvalue weighted by atomic mass is 10.2. The lowest BCUT2D eigenvalue weighted by molar-refractivity contribution is 0.198. The first-order valence-corrected chi connectivity index (χ1v) is 6.64. The van der Waals surface area contributed by atoms with Crippen LogP contribution in [0, 0.1) is 0 Å². The number of benzene rings is 1. The highest BCUT2D eigenvalue weighted by Crippen LogP contribution is 2.33. The fourth-order valence-corrected chi connectivity index (χ4v) is 2.09. The number of methoxy groups -OCH3 is 1. The van der Waals surface area contributed by atoms with Crippen molar-refractivity contribution in [2.75, 3.05) is 20.3 Å². The fraction of sp³-hybridized carbons (Fsp3) is 0.538. The summed E-state index contributed by atoms with van der Waals surface area (Å²) in [6.07, 6.45) is 0.0707. The smallest absolute Gasteiger partial charge is 0.142 e. The average Bonchev–Trinajstić information content (AvgIpc) is 2.28. The van der Waals surface area contributed by atoms with E-state index < -0.39 is 0 Å². The Bertz CT molecular complexity index is 383. The van der Waals surface area contributed by atoms with Crippen LogP contribution in [0.4, 0.5) is 0 Å². The van der Waals surface area contributed by atoms with Crippen molar-refractivity contribution in [1.82, 2.24) is 5.32 Å². The molecule has 1 N–H and O–H groups in total. The Morgan fingerprint density at radius 2 is 2.00 bits per heavy atom. The molecule has 1 rings (SSSR count). The zero-order chi connectivity index (χ0) is 13.5. The van der Waals surface area contributed by atoms with E-state index in [-0.39, 0.29) is 6.10 Å². The van der Waals surface area contributed by atoms with Crippen molar-refractivity contribution in [3.63, 3.8) is 0 Å². The minimum Gasteiger partial charge on any atom is -0.489 e. The first kappa shape index (κ1) is 15.6. The van der Waals surface area contributed by atoms with Gasteiger partial charge in [-0.25, -0.2) is 0 Å². The van der Waals surface area contributed by atoms with Crippen molar-refractivity contribution < 1.29 is 9.47 Å². The molecule has 18 heavy (non-hydrogen) atoms. The average molecular weight is 292 g/mol. The van der Waals surface area contributed by atoms with E-state index in [1.54, 1.807) is 13.2 Å². The van der Waals surface area contributed by atoms with Gasteiger partial charge in [-0.05, 0) is 26.0 Å². The maximum absolute atomic E-state index is 6.16. The summed E-state index contributed by atoms with van der Waals surface area (Å²) < 4.78 is 10.7. The van der Waals surface area contributed by atoms with Crippen molar-refractivity contribution in [1.29, 1.82) is 0 Å². The van der Waals surface area contributed by atoms with Crippen LogP contribution in [0.15, 0.2) is 12.1 Å². The third kappa shape index (κ3) is 5.02. The van der Waals surface area contributed by atoms with Gasteiger partial charge >= 0.3 is 0 Å². The lowest BCUT2D eigenvalue weighted by Gasteiger charge is -2.16. The highest BCUT2D eigenvalue weighted by molar-refractivity contribution is 6.35. The highest BCUT2D eigenvalue weighted by Gasteiger charge is 2.12. The zero-order valence-corrected chi connectivity index (χ0v) is 12.4. The number of halogens is 2. The molecule has 0 unspecified atom stereocenters. The summed E-state index contributed by atoms with van der Waals surface area (Å²) in [5, 5.41) is 4.40. The number of nitrogens with one attached hydrogen (secondary N) is 1. The van der Waals surface area contributed by atoms with Crippen LogP contribution in [0.5, 0.6) is 5.75 Å². The molecule has 0 saturated heterocycles. The van der Waals surface area contributed by atoms with E-state index in [4.69, 9.17) is 32.7 Å². The molecule has 0 aliphatic rings. The first-order valence-electron chi connectivity index (χ1n) is 5.88. The summed E-state index contributed by atoms with van der Waals surface area (Å²) in [6, 6.07) is 3.56. The summed E-state index contributed by atoms with van der Waals surface area (Å²) in [4.78, 5) is 0. The van der Waals surface area contributed by atoms with E-state index in [0.717, 1.165) is 12.1 Å². The van der Waals surface area contributed by atoms with Gasteiger partial charge in [-0.3, -0.25) is 0 Å².